The van der Waals surface area contributed by atoms with Gasteiger partial charge in [0.2, 0.25) is 5.91 Å². The molecular weight excluding hydrogens is 394 g/mol. The van der Waals surface area contributed by atoms with Crippen LogP contribution in [0.2, 0.25) is 0 Å². The molecule has 2 aromatic rings. The summed E-state index contributed by atoms with van der Waals surface area (Å²) in [6, 6.07) is 8.91. The van der Waals surface area contributed by atoms with Gasteiger partial charge in [0, 0.05) is 18.0 Å². The maximum Gasteiger partial charge on any atom is 0.268 e. The van der Waals surface area contributed by atoms with E-state index in [1.807, 2.05) is 41.9 Å². The fraction of sp³-hybridized carbons (Fsp3) is 0.542. The van der Waals surface area contributed by atoms with Crippen molar-refractivity contribution in [3.8, 4) is 0 Å². The molecule has 3 rings (SSSR count). The van der Waals surface area contributed by atoms with Crippen molar-refractivity contribution in [1.29, 1.82) is 0 Å². The molecule has 0 spiro atoms. The molecule has 7 nitrogen and oxygen atoms in total. The third-order valence-electron chi connectivity index (χ3n) is 5.93. The van der Waals surface area contributed by atoms with E-state index in [4.69, 9.17) is 4.74 Å². The number of nitrogens with one attached hydrogen (secondary N) is 2. The normalized spacial score (nSPS) is 19.3. The second-order valence-electron chi connectivity index (χ2n) is 8.41. The summed E-state index contributed by atoms with van der Waals surface area (Å²) in [4.78, 5) is 37.3. The van der Waals surface area contributed by atoms with Crippen LogP contribution in [0.5, 0.6) is 0 Å². The SMILES string of the molecule is CCCC[C@H](NC(=O)c1cc2ccccc2n1C)C(=O)N[C@H]1CCC[C@H]1OCC(C)=O. The van der Waals surface area contributed by atoms with Gasteiger partial charge in [-0.15, -0.1) is 0 Å². The Kier molecular flexibility index (Phi) is 7.85. The maximum absolute atomic E-state index is 13.1. The summed E-state index contributed by atoms with van der Waals surface area (Å²) in [7, 11) is 1.86. The molecule has 1 aliphatic carbocycles. The Bertz CT molecular complexity index is 936. The minimum absolute atomic E-state index is 0.0278. The molecule has 3 atom stereocenters. The first-order valence-corrected chi connectivity index (χ1v) is 11.2. The van der Waals surface area contributed by atoms with Gasteiger partial charge in [-0.3, -0.25) is 14.4 Å². The highest BCUT2D eigenvalue weighted by atomic mass is 16.5. The molecule has 1 fully saturated rings. The lowest BCUT2D eigenvalue weighted by Crippen LogP contribution is -2.51. The number of rotatable bonds is 10. The number of fused-ring (bicyclic) bond motifs is 1. The number of hydrogen-bond donors (Lipinski definition) is 2. The predicted octanol–water partition coefficient (Wildman–Crippen LogP) is 3.11. The second kappa shape index (κ2) is 10.6. The van der Waals surface area contributed by atoms with E-state index >= 15 is 0 Å². The van der Waals surface area contributed by atoms with Gasteiger partial charge in [-0.1, -0.05) is 38.0 Å². The molecule has 1 aliphatic rings. The highest BCUT2D eigenvalue weighted by molar-refractivity contribution is 6.00. The zero-order chi connectivity index (χ0) is 22.4. The summed E-state index contributed by atoms with van der Waals surface area (Å²) in [6.07, 6.45) is 4.75. The highest BCUT2D eigenvalue weighted by Crippen LogP contribution is 2.23. The van der Waals surface area contributed by atoms with Gasteiger partial charge in [-0.25, -0.2) is 0 Å². The highest BCUT2D eigenvalue weighted by Gasteiger charge is 2.32. The van der Waals surface area contributed by atoms with Crippen LogP contribution in [0.4, 0.5) is 0 Å². The van der Waals surface area contributed by atoms with Crippen LogP contribution in [0.1, 0.15) is 62.9 Å². The molecule has 2 N–H and O–H groups in total. The third kappa shape index (κ3) is 5.73. The molecule has 0 saturated heterocycles. The van der Waals surface area contributed by atoms with Crippen LogP contribution in [0.15, 0.2) is 30.3 Å². The first-order valence-electron chi connectivity index (χ1n) is 11.2. The topological polar surface area (TPSA) is 89.4 Å². The molecule has 2 amide bonds. The number of Topliss-reactive ketones (excluding diaryl/α,β-unsaturated/α-hetero) is 1. The van der Waals surface area contributed by atoms with Crippen LogP contribution >= 0.6 is 0 Å². The summed E-state index contributed by atoms with van der Waals surface area (Å²) in [5, 5.41) is 6.99. The molecule has 31 heavy (non-hydrogen) atoms. The zero-order valence-electron chi connectivity index (χ0n) is 18.6. The fourth-order valence-electron chi connectivity index (χ4n) is 4.21. The average molecular weight is 428 g/mol. The van der Waals surface area contributed by atoms with Crippen LogP contribution in [-0.2, 0) is 21.4 Å². The number of amides is 2. The average Bonchev–Trinajstić information content (AvgIpc) is 3.33. The van der Waals surface area contributed by atoms with Gasteiger partial charge >= 0.3 is 0 Å². The van der Waals surface area contributed by atoms with Gasteiger partial charge in [0.15, 0.2) is 5.78 Å². The van der Waals surface area contributed by atoms with Crippen LogP contribution in [0.25, 0.3) is 10.9 Å². The molecule has 168 valence electrons. The van der Waals surface area contributed by atoms with Crippen LogP contribution < -0.4 is 10.6 Å². The number of unbranched alkanes of at least 4 members (excludes halogenated alkanes) is 1. The molecular formula is C24H33N3O4. The van der Waals surface area contributed by atoms with Gasteiger partial charge < -0.3 is 19.9 Å². The molecule has 1 aromatic heterocycles. The lowest BCUT2D eigenvalue weighted by Gasteiger charge is -2.25. The lowest BCUT2D eigenvalue weighted by molar-refractivity contribution is -0.126. The monoisotopic (exact) mass is 427 g/mol. The van der Waals surface area contributed by atoms with Crippen molar-refractivity contribution >= 4 is 28.5 Å². The van der Waals surface area contributed by atoms with E-state index in [2.05, 4.69) is 17.6 Å². The Hall–Kier alpha value is -2.67. The number of carbonyl (C=O) groups is 3. The lowest BCUT2D eigenvalue weighted by atomic mass is 10.1. The van der Waals surface area contributed by atoms with E-state index in [-0.39, 0.29) is 36.4 Å². The van der Waals surface area contributed by atoms with Crippen molar-refractivity contribution in [3.63, 3.8) is 0 Å². The van der Waals surface area contributed by atoms with Gasteiger partial charge in [0.25, 0.3) is 5.91 Å². The van der Waals surface area contributed by atoms with E-state index in [9.17, 15) is 14.4 Å². The number of aromatic nitrogens is 1. The summed E-state index contributed by atoms with van der Waals surface area (Å²) < 4.78 is 7.53. The Labute approximate surface area is 183 Å². The predicted molar refractivity (Wildman–Crippen MR) is 120 cm³/mol. The van der Waals surface area contributed by atoms with Crippen molar-refractivity contribution in [1.82, 2.24) is 15.2 Å². The minimum Gasteiger partial charge on any atom is -0.368 e. The molecule has 0 unspecified atom stereocenters. The van der Waals surface area contributed by atoms with Crippen molar-refractivity contribution in [3.05, 3.63) is 36.0 Å². The maximum atomic E-state index is 13.1. The number of hydrogen-bond acceptors (Lipinski definition) is 4. The summed E-state index contributed by atoms with van der Waals surface area (Å²) in [6.45, 7) is 3.61. The summed E-state index contributed by atoms with van der Waals surface area (Å²) in [5.41, 5.74) is 1.50. The summed E-state index contributed by atoms with van der Waals surface area (Å²) >= 11 is 0. The van der Waals surface area contributed by atoms with E-state index in [1.165, 1.54) is 6.92 Å². The van der Waals surface area contributed by atoms with E-state index in [0.717, 1.165) is 43.0 Å². The van der Waals surface area contributed by atoms with Gasteiger partial charge in [-0.05, 0) is 44.7 Å². The molecule has 7 heteroatoms. The Balaban J connectivity index is 1.68. The fourth-order valence-corrected chi connectivity index (χ4v) is 4.21. The summed E-state index contributed by atoms with van der Waals surface area (Å²) in [5.74, 6) is -0.477. The van der Waals surface area contributed by atoms with Gasteiger partial charge in [0.05, 0.1) is 12.1 Å². The standard InChI is InChI=1S/C24H33N3O4/c1-4-5-10-19(23(29)25-18-11-8-13-22(18)31-15-16(2)28)26-24(30)21-14-17-9-6-7-12-20(17)27(21)3/h6-7,9,12,14,18-19,22H,4-5,8,10-11,13,15H2,1-3H3,(H,25,29)(H,26,30)/t18-,19-,22+/m0/s1. The van der Waals surface area contributed by atoms with Crippen LogP contribution in [-0.4, -0.2) is 47.0 Å². The smallest absolute Gasteiger partial charge is 0.268 e. The van der Waals surface area contributed by atoms with E-state index in [1.54, 1.807) is 0 Å². The Morgan fingerprint density at radius 2 is 2.00 bits per heavy atom. The molecule has 1 saturated carbocycles. The van der Waals surface area contributed by atoms with E-state index < -0.39 is 6.04 Å². The minimum atomic E-state index is -0.612. The van der Waals surface area contributed by atoms with E-state index in [0.29, 0.717) is 12.1 Å². The van der Waals surface area contributed by atoms with Crippen molar-refractivity contribution in [2.24, 2.45) is 7.05 Å². The van der Waals surface area contributed by atoms with Gasteiger partial charge in [0.1, 0.15) is 18.3 Å². The Morgan fingerprint density at radius 1 is 1.23 bits per heavy atom. The largest absolute Gasteiger partial charge is 0.368 e. The first kappa shape index (κ1) is 23.0. The first-order chi connectivity index (χ1) is 14.9. The number of nitrogens with zero attached hydrogens (tertiary/aromatic N) is 1. The molecule has 0 radical (unpaired) electrons. The van der Waals surface area contributed by atoms with Crippen molar-refractivity contribution in [2.75, 3.05) is 6.61 Å². The third-order valence-corrected chi connectivity index (χ3v) is 5.93. The van der Waals surface area contributed by atoms with Gasteiger partial charge in [-0.2, -0.15) is 0 Å². The number of aryl methyl sites for hydroxylation is 1. The van der Waals surface area contributed by atoms with Crippen LogP contribution in [0, 0.1) is 0 Å². The zero-order valence-corrected chi connectivity index (χ0v) is 18.6. The number of benzene rings is 1. The van der Waals surface area contributed by atoms with Crippen LogP contribution in [0.3, 0.4) is 0 Å². The van der Waals surface area contributed by atoms with Crippen molar-refractivity contribution in [2.45, 2.75) is 70.6 Å². The number of para-hydroxylation sites is 1. The Morgan fingerprint density at radius 3 is 2.71 bits per heavy atom. The molecule has 1 aromatic carbocycles. The number of carbonyl (C=O) groups excluding carboxylic acids is 3. The second-order valence-corrected chi connectivity index (χ2v) is 8.41. The molecule has 0 bridgehead atoms. The quantitative estimate of drug-likeness (QED) is 0.610. The number of ether oxygens (including phenoxy) is 1. The molecule has 0 aliphatic heterocycles. The molecule has 1 heterocycles. The number of ketones is 1. The van der Waals surface area contributed by atoms with Crippen molar-refractivity contribution < 1.29 is 19.1 Å².